The Morgan fingerprint density at radius 3 is 2.34 bits per heavy atom. The molecule has 1 saturated heterocycles. The fourth-order valence-electron chi connectivity index (χ4n) is 6.08. The zero-order chi connectivity index (χ0) is 31.5. The summed E-state index contributed by atoms with van der Waals surface area (Å²) in [6.07, 6.45) is 1.92. The Morgan fingerprint density at radius 2 is 1.66 bits per heavy atom. The molecule has 2 aliphatic rings. The van der Waals surface area contributed by atoms with Crippen LogP contribution in [0.2, 0.25) is 0 Å². The van der Waals surface area contributed by atoms with Crippen molar-refractivity contribution >= 4 is 23.7 Å². The Labute approximate surface area is 258 Å². The van der Waals surface area contributed by atoms with Crippen molar-refractivity contribution in [2.75, 3.05) is 31.1 Å². The van der Waals surface area contributed by atoms with Gasteiger partial charge in [0, 0.05) is 37.4 Å². The molecule has 3 aromatic rings. The highest BCUT2D eigenvalue weighted by molar-refractivity contribution is 5.95. The van der Waals surface area contributed by atoms with Crippen molar-refractivity contribution in [3.63, 3.8) is 0 Å². The Hall–Kier alpha value is -4.37. The summed E-state index contributed by atoms with van der Waals surface area (Å²) in [6, 6.07) is 22.2. The molecule has 1 atom stereocenters. The number of anilines is 1. The average molecular weight is 600 g/mol. The molecule has 0 aliphatic carbocycles. The maximum Gasteiger partial charge on any atom is 0.407 e. The number of fused-ring (bicyclic) bond motifs is 1. The highest BCUT2D eigenvalue weighted by Gasteiger charge is 2.41. The number of β-amino-alcohol motifs (C(OH)–C–C–N with tert-alkyl or cyclic N) is 1. The summed E-state index contributed by atoms with van der Waals surface area (Å²) in [5.74, 6) is -0.977. The third kappa shape index (κ3) is 7.05. The van der Waals surface area contributed by atoms with Crippen LogP contribution >= 0.6 is 0 Å². The van der Waals surface area contributed by atoms with Crippen molar-refractivity contribution in [2.45, 2.75) is 63.7 Å². The van der Waals surface area contributed by atoms with E-state index in [1.807, 2.05) is 54.8 Å². The molecule has 0 radical (unpaired) electrons. The zero-order valence-corrected chi connectivity index (χ0v) is 25.6. The van der Waals surface area contributed by atoms with Crippen LogP contribution in [-0.2, 0) is 28.1 Å². The van der Waals surface area contributed by atoms with Crippen LogP contribution in [0.5, 0.6) is 0 Å². The number of aliphatic carboxylic acids is 1. The fraction of sp³-hybridized carbons (Fsp3) is 0.400. The number of nitrogens with zero attached hydrogens (tertiary/aromatic N) is 2. The van der Waals surface area contributed by atoms with Crippen molar-refractivity contribution in [3.8, 4) is 0 Å². The first-order valence-electron chi connectivity index (χ1n) is 15.2. The molecule has 2 aliphatic heterocycles. The SMILES string of the molecule is CC(C)(C)OC(=O)NCc1cccc(C2CCN(C(=O)c3ccc4c(c3)CCN4CC(O)(C(=O)O)c3ccccc3)CC2)c1. The first-order valence-corrected chi connectivity index (χ1v) is 15.2. The molecule has 5 rings (SSSR count). The number of aliphatic hydroxyl groups is 1. The Kier molecular flexibility index (Phi) is 8.97. The Balaban J connectivity index is 1.18. The molecule has 3 N–H and O–H groups in total. The van der Waals surface area contributed by atoms with E-state index in [1.165, 1.54) is 5.56 Å². The normalized spacial score (nSPS) is 16.6. The van der Waals surface area contributed by atoms with E-state index < -0.39 is 23.3 Å². The van der Waals surface area contributed by atoms with Gasteiger partial charge in [0.15, 0.2) is 0 Å². The van der Waals surface area contributed by atoms with Crippen LogP contribution in [0.4, 0.5) is 10.5 Å². The van der Waals surface area contributed by atoms with Crippen molar-refractivity contribution < 1.29 is 29.3 Å². The molecule has 9 heteroatoms. The summed E-state index contributed by atoms with van der Waals surface area (Å²) in [5, 5.41) is 23.8. The van der Waals surface area contributed by atoms with Gasteiger partial charge in [-0.1, -0.05) is 54.6 Å². The predicted molar refractivity (Wildman–Crippen MR) is 168 cm³/mol. The average Bonchev–Trinajstić information content (AvgIpc) is 3.41. The van der Waals surface area contributed by atoms with Gasteiger partial charge in [-0.3, -0.25) is 4.79 Å². The molecular weight excluding hydrogens is 558 g/mol. The zero-order valence-electron chi connectivity index (χ0n) is 25.6. The number of benzene rings is 3. The maximum atomic E-state index is 13.5. The van der Waals surface area contributed by atoms with Crippen LogP contribution in [0, 0.1) is 0 Å². The highest BCUT2D eigenvalue weighted by Crippen LogP contribution is 2.34. The van der Waals surface area contributed by atoms with Crippen LogP contribution in [0.25, 0.3) is 0 Å². The lowest BCUT2D eigenvalue weighted by Crippen LogP contribution is -2.46. The van der Waals surface area contributed by atoms with Crippen LogP contribution in [0.15, 0.2) is 72.8 Å². The number of alkyl carbamates (subject to hydrolysis) is 1. The van der Waals surface area contributed by atoms with Crippen LogP contribution < -0.4 is 10.2 Å². The molecule has 0 spiro atoms. The van der Waals surface area contributed by atoms with Gasteiger partial charge >= 0.3 is 12.1 Å². The first kappa shape index (κ1) is 31.1. The minimum Gasteiger partial charge on any atom is -0.479 e. The maximum absolute atomic E-state index is 13.5. The van der Waals surface area contributed by atoms with Crippen LogP contribution in [-0.4, -0.2) is 64.9 Å². The minimum atomic E-state index is -2.05. The summed E-state index contributed by atoms with van der Waals surface area (Å²) in [7, 11) is 0. The number of amides is 2. The van der Waals surface area contributed by atoms with Crippen LogP contribution in [0.1, 0.15) is 72.1 Å². The van der Waals surface area contributed by atoms with E-state index >= 15 is 0 Å². The third-order valence-corrected chi connectivity index (χ3v) is 8.38. The lowest BCUT2D eigenvalue weighted by Gasteiger charge is -2.33. The Bertz CT molecular complexity index is 1510. The first-order chi connectivity index (χ1) is 20.9. The number of carbonyl (C=O) groups excluding carboxylic acids is 2. The van der Waals surface area contributed by atoms with Gasteiger partial charge in [-0.15, -0.1) is 0 Å². The molecule has 3 aromatic carbocycles. The number of hydrogen-bond donors (Lipinski definition) is 3. The molecule has 9 nitrogen and oxygen atoms in total. The smallest absolute Gasteiger partial charge is 0.407 e. The van der Waals surface area contributed by atoms with Crippen LogP contribution in [0.3, 0.4) is 0 Å². The number of piperidine rings is 1. The van der Waals surface area contributed by atoms with Crippen molar-refractivity contribution in [3.05, 3.63) is 101 Å². The number of carbonyl (C=O) groups is 3. The van der Waals surface area contributed by atoms with Gasteiger partial charge in [0.25, 0.3) is 5.91 Å². The van der Waals surface area contributed by atoms with E-state index in [1.54, 1.807) is 36.4 Å². The van der Waals surface area contributed by atoms with Crippen molar-refractivity contribution in [1.29, 1.82) is 0 Å². The molecule has 232 valence electrons. The van der Waals surface area contributed by atoms with Gasteiger partial charge in [-0.2, -0.15) is 0 Å². The van der Waals surface area contributed by atoms with Gasteiger partial charge in [0.2, 0.25) is 5.60 Å². The second kappa shape index (κ2) is 12.7. The number of hydrogen-bond acceptors (Lipinski definition) is 6. The Morgan fingerprint density at radius 1 is 0.932 bits per heavy atom. The molecule has 0 saturated carbocycles. The topological polar surface area (TPSA) is 119 Å². The lowest BCUT2D eigenvalue weighted by molar-refractivity contribution is -0.158. The summed E-state index contributed by atoms with van der Waals surface area (Å²) < 4.78 is 5.33. The summed E-state index contributed by atoms with van der Waals surface area (Å²) in [4.78, 5) is 41.4. The number of rotatable bonds is 8. The van der Waals surface area contributed by atoms with E-state index in [4.69, 9.17) is 4.74 Å². The molecule has 44 heavy (non-hydrogen) atoms. The van der Waals surface area contributed by atoms with Gasteiger partial charge in [0.05, 0.1) is 6.54 Å². The standard InChI is InChI=1S/C35H41N3O6/c1-34(2,3)44-33(42)36-22-24-8-7-9-26(20-24)25-14-17-37(18-15-25)31(39)28-12-13-30-27(21-28)16-19-38(30)23-35(43,32(40)41)29-10-5-4-6-11-29/h4-13,20-21,25,43H,14-19,22-23H2,1-3H3,(H,36,42)(H,40,41). The van der Waals surface area contributed by atoms with E-state index in [0.717, 1.165) is 29.7 Å². The summed E-state index contributed by atoms with van der Waals surface area (Å²) in [5.41, 5.74) is 2.39. The molecule has 1 fully saturated rings. The minimum absolute atomic E-state index is 0.00802. The molecule has 0 bridgehead atoms. The highest BCUT2D eigenvalue weighted by atomic mass is 16.6. The van der Waals surface area contributed by atoms with Crippen molar-refractivity contribution in [1.82, 2.24) is 10.2 Å². The van der Waals surface area contributed by atoms with E-state index in [0.29, 0.717) is 49.6 Å². The van der Waals surface area contributed by atoms with Crippen molar-refractivity contribution in [2.24, 2.45) is 0 Å². The monoisotopic (exact) mass is 599 g/mol. The number of carboxylic acids is 1. The van der Waals surface area contributed by atoms with Gasteiger partial charge in [0.1, 0.15) is 5.60 Å². The number of nitrogens with one attached hydrogen (secondary N) is 1. The van der Waals surface area contributed by atoms with Gasteiger partial charge < -0.3 is 30.1 Å². The fourth-order valence-corrected chi connectivity index (χ4v) is 6.08. The van der Waals surface area contributed by atoms with E-state index in [9.17, 15) is 24.6 Å². The largest absolute Gasteiger partial charge is 0.479 e. The van der Waals surface area contributed by atoms with Gasteiger partial charge in [-0.05, 0) is 86.4 Å². The lowest BCUT2D eigenvalue weighted by atomic mass is 9.88. The number of likely N-dealkylation sites (tertiary alicyclic amines) is 1. The van der Waals surface area contributed by atoms with E-state index in [-0.39, 0.29) is 12.5 Å². The quantitative estimate of drug-likeness (QED) is 0.331. The van der Waals surface area contributed by atoms with E-state index in [2.05, 4.69) is 17.4 Å². The van der Waals surface area contributed by atoms with Gasteiger partial charge in [-0.25, -0.2) is 9.59 Å². The number of carboxylic acid groups (broad SMARTS) is 1. The molecule has 0 aromatic heterocycles. The molecule has 2 amide bonds. The molecule has 2 heterocycles. The molecule has 1 unspecified atom stereocenters. The number of ether oxygens (including phenoxy) is 1. The second-order valence-corrected chi connectivity index (χ2v) is 12.7. The predicted octanol–water partition coefficient (Wildman–Crippen LogP) is 5.07. The summed E-state index contributed by atoms with van der Waals surface area (Å²) in [6.45, 7) is 7.66. The third-order valence-electron chi connectivity index (χ3n) is 8.38. The molecular formula is C35H41N3O6. The summed E-state index contributed by atoms with van der Waals surface area (Å²) >= 11 is 0. The second-order valence-electron chi connectivity index (χ2n) is 12.7.